The van der Waals surface area contributed by atoms with Crippen LogP contribution in [0.25, 0.3) is 92.7 Å². The molecular weight excluding hydrogens is 845 g/mol. The Hall–Kier alpha value is -6.88. The summed E-state index contributed by atoms with van der Waals surface area (Å²) in [6, 6.07) is 58.4. The topological polar surface area (TPSA) is 38.9 Å². The van der Waals surface area contributed by atoms with Crippen LogP contribution in [0, 0.1) is 0 Å². The van der Waals surface area contributed by atoms with E-state index in [9.17, 15) is 0 Å². The van der Waals surface area contributed by atoms with Gasteiger partial charge in [0.1, 0.15) is 11.2 Å². The largest absolute Gasteiger partial charge is 0.456 e. The van der Waals surface area contributed by atoms with Crippen LogP contribution in [-0.4, -0.2) is 9.97 Å². The normalized spacial score (nSPS) is 18.9. The number of nitrogens with zero attached hydrogens (tertiary/aromatic N) is 2. The average molecular weight is 895 g/mol. The van der Waals surface area contributed by atoms with E-state index in [2.05, 4.69) is 146 Å². The van der Waals surface area contributed by atoms with Gasteiger partial charge in [-0.25, -0.2) is 9.97 Å². The van der Waals surface area contributed by atoms with Gasteiger partial charge in [-0.3, -0.25) is 0 Å². The summed E-state index contributed by atoms with van der Waals surface area (Å²) >= 11 is 1.87. The molecule has 0 saturated heterocycles. The highest BCUT2D eigenvalue weighted by molar-refractivity contribution is 7.26. The lowest BCUT2D eigenvalue weighted by Crippen LogP contribution is -2.32. The molecule has 10 aromatic rings. The number of hydrogen-bond acceptors (Lipinski definition) is 4. The van der Waals surface area contributed by atoms with E-state index in [-0.39, 0.29) is 10.8 Å². The van der Waals surface area contributed by atoms with Gasteiger partial charge < -0.3 is 4.42 Å². The molecule has 328 valence electrons. The van der Waals surface area contributed by atoms with Crippen molar-refractivity contribution in [3.05, 3.63) is 197 Å². The van der Waals surface area contributed by atoms with Gasteiger partial charge in [-0.15, -0.1) is 11.3 Å². The molecule has 0 radical (unpaired) electrons. The van der Waals surface area contributed by atoms with Gasteiger partial charge in [0, 0.05) is 64.4 Å². The van der Waals surface area contributed by atoms with Gasteiger partial charge in [0.2, 0.25) is 0 Å². The number of allylic oxidation sites excluding steroid dienone is 4. The van der Waals surface area contributed by atoms with Crippen LogP contribution in [0.15, 0.2) is 179 Å². The lowest BCUT2D eigenvalue weighted by molar-refractivity contribution is 0.325. The third-order valence-electron chi connectivity index (χ3n) is 17.2. The molecule has 7 aromatic carbocycles. The Bertz CT molecular complexity index is 3800. The summed E-state index contributed by atoms with van der Waals surface area (Å²) in [6.07, 6.45) is 17.2. The molecule has 2 spiro atoms. The Morgan fingerprint density at radius 1 is 0.485 bits per heavy atom. The van der Waals surface area contributed by atoms with Crippen molar-refractivity contribution in [3.8, 4) is 45.0 Å². The quantitative estimate of drug-likeness (QED) is 0.177. The number of fused-ring (bicyclic) bond motifs is 15. The van der Waals surface area contributed by atoms with E-state index in [1.54, 1.807) is 33.4 Å². The van der Waals surface area contributed by atoms with Crippen LogP contribution in [0.3, 0.4) is 0 Å². The molecule has 0 N–H and O–H groups in total. The van der Waals surface area contributed by atoms with Gasteiger partial charge in [0.25, 0.3) is 0 Å². The Balaban J connectivity index is 0.837. The van der Waals surface area contributed by atoms with E-state index < -0.39 is 0 Å². The maximum Gasteiger partial charge on any atom is 0.160 e. The number of benzene rings is 7. The van der Waals surface area contributed by atoms with Crippen LogP contribution >= 0.6 is 11.3 Å². The van der Waals surface area contributed by atoms with Crippen LogP contribution < -0.4 is 0 Å². The summed E-state index contributed by atoms with van der Waals surface area (Å²) in [5, 5.41) is 4.81. The standard InChI is InChI=1S/C64H50N2OS/c1-4-15-39(16-5-1)62-65-56(42-23-26-45-44-18-7-9-22-58(44)67-59(45)35-42)38-57(66-62)47-20-14-19-46-51-34-41(25-28-60(51)68-61(46)47)40-24-27-53-48(33-40)50-37-54-49(36-55(50)64(53)31-12-3-13-32-64)43-17-6-8-21-52(43)63(54)29-10-2-11-30-63/h1,4-9,14-28,33-36,38,50H,2-3,10-13,29-32,37H2. The van der Waals surface area contributed by atoms with Crippen molar-refractivity contribution < 1.29 is 4.42 Å². The molecule has 4 heteroatoms. The molecule has 0 bridgehead atoms. The van der Waals surface area contributed by atoms with Gasteiger partial charge in [-0.2, -0.15) is 0 Å². The smallest absolute Gasteiger partial charge is 0.160 e. The molecule has 2 saturated carbocycles. The zero-order chi connectivity index (χ0) is 44.6. The lowest BCUT2D eigenvalue weighted by Gasteiger charge is -2.41. The summed E-state index contributed by atoms with van der Waals surface area (Å²) in [4.78, 5) is 10.5. The number of furan rings is 1. The predicted octanol–water partition coefficient (Wildman–Crippen LogP) is 17.7. The van der Waals surface area contributed by atoms with Gasteiger partial charge in [0.15, 0.2) is 5.82 Å². The molecule has 5 aliphatic carbocycles. The fourth-order valence-corrected chi connectivity index (χ4v) is 15.3. The summed E-state index contributed by atoms with van der Waals surface area (Å²) in [7, 11) is 0. The third kappa shape index (κ3) is 5.64. The molecule has 2 fully saturated rings. The summed E-state index contributed by atoms with van der Waals surface area (Å²) in [5.41, 5.74) is 21.2. The van der Waals surface area contributed by atoms with Crippen molar-refractivity contribution in [2.24, 2.45) is 0 Å². The van der Waals surface area contributed by atoms with E-state index in [1.807, 2.05) is 29.5 Å². The molecule has 3 heterocycles. The minimum Gasteiger partial charge on any atom is -0.456 e. The third-order valence-corrected chi connectivity index (χ3v) is 18.4. The molecule has 3 nitrogen and oxygen atoms in total. The van der Waals surface area contributed by atoms with Crippen LogP contribution in [0.2, 0.25) is 0 Å². The second-order valence-corrected chi connectivity index (χ2v) is 21.6. The number of hydrogen-bond donors (Lipinski definition) is 0. The van der Waals surface area contributed by atoms with Crippen molar-refractivity contribution in [3.63, 3.8) is 0 Å². The molecule has 0 amide bonds. The fraction of sp³-hybridized carbons (Fsp3) is 0.219. The van der Waals surface area contributed by atoms with Gasteiger partial charge in [0.05, 0.1) is 11.4 Å². The highest BCUT2D eigenvalue weighted by Crippen LogP contribution is 2.66. The number of aromatic nitrogens is 2. The van der Waals surface area contributed by atoms with E-state index in [1.165, 1.54) is 107 Å². The van der Waals surface area contributed by atoms with Crippen LogP contribution in [0.1, 0.15) is 98.8 Å². The Kier molecular flexibility index (Phi) is 8.53. The monoisotopic (exact) mass is 894 g/mol. The second kappa shape index (κ2) is 14.8. The molecule has 1 unspecified atom stereocenters. The van der Waals surface area contributed by atoms with Crippen molar-refractivity contribution in [2.45, 2.75) is 87.4 Å². The Morgan fingerprint density at radius 2 is 1.19 bits per heavy atom. The van der Waals surface area contributed by atoms with Crippen LogP contribution in [0.4, 0.5) is 0 Å². The van der Waals surface area contributed by atoms with Crippen molar-refractivity contribution in [2.75, 3.05) is 0 Å². The van der Waals surface area contributed by atoms with Gasteiger partial charge in [-0.1, -0.05) is 177 Å². The predicted molar refractivity (Wildman–Crippen MR) is 282 cm³/mol. The average Bonchev–Trinajstić information content (AvgIpc) is 4.12. The first-order chi connectivity index (χ1) is 33.6. The number of thiophene rings is 1. The highest BCUT2D eigenvalue weighted by atomic mass is 32.1. The Labute approximate surface area is 400 Å². The highest BCUT2D eigenvalue weighted by Gasteiger charge is 2.54. The van der Waals surface area contributed by atoms with Crippen molar-refractivity contribution in [1.82, 2.24) is 9.97 Å². The van der Waals surface area contributed by atoms with Crippen LogP contribution in [-0.2, 0) is 10.8 Å². The van der Waals surface area contributed by atoms with Crippen molar-refractivity contribution in [1.29, 1.82) is 0 Å². The second-order valence-electron chi connectivity index (χ2n) is 20.5. The van der Waals surface area contributed by atoms with E-state index in [0.29, 0.717) is 11.7 Å². The fourth-order valence-electron chi connectivity index (χ4n) is 14.1. The first-order valence-corrected chi connectivity index (χ1v) is 26.0. The number of para-hydroxylation sites is 1. The minimum atomic E-state index is 0.165. The van der Waals surface area contributed by atoms with Gasteiger partial charge in [-0.05, 0) is 107 Å². The molecule has 0 aliphatic heterocycles. The zero-order valence-electron chi connectivity index (χ0n) is 38.2. The van der Waals surface area contributed by atoms with E-state index >= 15 is 0 Å². The molecule has 5 aliphatic rings. The molecular formula is C64H50N2OS. The first-order valence-electron chi connectivity index (χ1n) is 25.1. The maximum absolute atomic E-state index is 6.35. The maximum atomic E-state index is 6.35. The van der Waals surface area contributed by atoms with Gasteiger partial charge >= 0.3 is 0 Å². The molecule has 3 aromatic heterocycles. The molecule has 1 atom stereocenters. The lowest BCUT2D eigenvalue weighted by atomic mass is 9.62. The molecule has 68 heavy (non-hydrogen) atoms. The summed E-state index contributed by atoms with van der Waals surface area (Å²) in [5.74, 6) is 1.17. The summed E-state index contributed by atoms with van der Waals surface area (Å²) in [6.45, 7) is 0. The first kappa shape index (κ1) is 39.1. The van der Waals surface area contributed by atoms with Crippen molar-refractivity contribution >= 4 is 59.0 Å². The Morgan fingerprint density at radius 3 is 2.07 bits per heavy atom. The van der Waals surface area contributed by atoms with Crippen LogP contribution in [0.5, 0.6) is 0 Å². The zero-order valence-corrected chi connectivity index (χ0v) is 39.0. The number of rotatable bonds is 4. The van der Waals surface area contributed by atoms with E-state index in [4.69, 9.17) is 14.4 Å². The van der Waals surface area contributed by atoms with E-state index in [0.717, 1.165) is 50.0 Å². The molecule has 15 rings (SSSR count). The minimum absolute atomic E-state index is 0.165. The SMILES string of the molecule is C1=C2C(CC3=C1c1ccccc1C31CCCCC1)c1cc(-c3ccc4sc5c(-c6cc(-c7ccc8c(c7)oc7ccccc78)nc(-c7ccccc7)n6)cccc5c4c3)ccc1C21CCCCC1. The summed E-state index contributed by atoms with van der Waals surface area (Å²) < 4.78 is 8.89.